The van der Waals surface area contributed by atoms with Gasteiger partial charge in [0.25, 0.3) is 0 Å². The summed E-state index contributed by atoms with van der Waals surface area (Å²) in [6.07, 6.45) is 5.05. The Bertz CT molecular complexity index is 288. The van der Waals surface area contributed by atoms with E-state index in [4.69, 9.17) is 0 Å². The second-order valence-corrected chi connectivity index (χ2v) is 6.46. The van der Waals surface area contributed by atoms with Crippen molar-refractivity contribution in [3.05, 3.63) is 0 Å². The SMILES string of the molecule is CN=C(NCCCN(C)C)NCCCN1CCC(C)CC1.I. The highest BCUT2D eigenvalue weighted by Crippen LogP contribution is 2.15. The van der Waals surface area contributed by atoms with E-state index in [9.17, 15) is 0 Å². The Morgan fingerprint density at radius 3 is 2.27 bits per heavy atom. The van der Waals surface area contributed by atoms with E-state index >= 15 is 0 Å². The molecule has 132 valence electrons. The summed E-state index contributed by atoms with van der Waals surface area (Å²) in [5.74, 6) is 1.85. The van der Waals surface area contributed by atoms with Crippen LogP contribution in [-0.4, -0.2) is 76.2 Å². The smallest absolute Gasteiger partial charge is 0.190 e. The van der Waals surface area contributed by atoms with Crippen molar-refractivity contribution in [1.29, 1.82) is 0 Å². The molecular formula is C16H36IN5. The van der Waals surface area contributed by atoms with Gasteiger partial charge in [0, 0.05) is 20.1 Å². The number of aliphatic imine (C=N–C) groups is 1. The summed E-state index contributed by atoms with van der Waals surface area (Å²) in [5, 5.41) is 6.77. The minimum atomic E-state index is 0. The monoisotopic (exact) mass is 425 g/mol. The van der Waals surface area contributed by atoms with Gasteiger partial charge in [0.05, 0.1) is 0 Å². The molecule has 0 aromatic heterocycles. The lowest BCUT2D eigenvalue weighted by Crippen LogP contribution is -2.40. The molecular weight excluding hydrogens is 389 g/mol. The van der Waals surface area contributed by atoms with Gasteiger partial charge in [0.1, 0.15) is 0 Å². The van der Waals surface area contributed by atoms with Crippen LogP contribution >= 0.6 is 24.0 Å². The molecule has 0 aromatic carbocycles. The summed E-state index contributed by atoms with van der Waals surface area (Å²) in [5.41, 5.74) is 0. The quantitative estimate of drug-likeness (QED) is 0.270. The first-order chi connectivity index (χ1) is 10.1. The van der Waals surface area contributed by atoms with Crippen LogP contribution in [0, 0.1) is 5.92 Å². The summed E-state index contributed by atoms with van der Waals surface area (Å²) in [6.45, 7) is 9.21. The average Bonchev–Trinajstić information content (AvgIpc) is 2.47. The van der Waals surface area contributed by atoms with Gasteiger partial charge in [-0.15, -0.1) is 24.0 Å². The molecule has 1 saturated heterocycles. The van der Waals surface area contributed by atoms with Gasteiger partial charge in [0.15, 0.2) is 5.96 Å². The minimum absolute atomic E-state index is 0. The predicted octanol–water partition coefficient (Wildman–Crippen LogP) is 1.84. The zero-order valence-electron chi connectivity index (χ0n) is 14.9. The number of hydrogen-bond acceptors (Lipinski definition) is 3. The topological polar surface area (TPSA) is 42.9 Å². The lowest BCUT2D eigenvalue weighted by Gasteiger charge is -2.30. The number of rotatable bonds is 8. The van der Waals surface area contributed by atoms with Gasteiger partial charge in [-0.2, -0.15) is 0 Å². The minimum Gasteiger partial charge on any atom is -0.356 e. The maximum atomic E-state index is 4.27. The van der Waals surface area contributed by atoms with Crippen LogP contribution in [0.1, 0.15) is 32.6 Å². The molecule has 1 aliphatic rings. The molecule has 0 amide bonds. The van der Waals surface area contributed by atoms with Gasteiger partial charge in [0.2, 0.25) is 0 Å². The molecule has 1 fully saturated rings. The van der Waals surface area contributed by atoms with Gasteiger partial charge in [-0.1, -0.05) is 6.92 Å². The van der Waals surface area contributed by atoms with E-state index in [2.05, 4.69) is 46.4 Å². The first kappa shape index (κ1) is 21.9. The molecule has 0 aromatic rings. The molecule has 1 rings (SSSR count). The standard InChI is InChI=1S/C16H35N5.HI/c1-15-7-13-21(14-8-15)12-6-10-19-16(17-2)18-9-5-11-20(3)4;/h15H,5-14H2,1-4H3,(H2,17,18,19);1H. The van der Waals surface area contributed by atoms with Gasteiger partial charge < -0.3 is 20.4 Å². The highest BCUT2D eigenvalue weighted by Gasteiger charge is 2.14. The normalized spacial score (nSPS) is 17.4. The van der Waals surface area contributed by atoms with Crippen molar-refractivity contribution in [2.75, 3.05) is 60.4 Å². The zero-order valence-corrected chi connectivity index (χ0v) is 17.2. The van der Waals surface area contributed by atoms with E-state index in [0.29, 0.717) is 0 Å². The molecule has 0 bridgehead atoms. The van der Waals surface area contributed by atoms with Crippen LogP contribution in [0.15, 0.2) is 4.99 Å². The fraction of sp³-hybridized carbons (Fsp3) is 0.938. The van der Waals surface area contributed by atoms with Crippen LogP contribution < -0.4 is 10.6 Å². The summed E-state index contributed by atoms with van der Waals surface area (Å²) >= 11 is 0. The lowest BCUT2D eigenvalue weighted by atomic mass is 9.99. The Morgan fingerprint density at radius 2 is 1.73 bits per heavy atom. The Morgan fingerprint density at radius 1 is 1.14 bits per heavy atom. The molecule has 6 heteroatoms. The fourth-order valence-corrected chi connectivity index (χ4v) is 2.62. The highest BCUT2D eigenvalue weighted by atomic mass is 127. The molecule has 22 heavy (non-hydrogen) atoms. The Labute approximate surface area is 154 Å². The number of nitrogens with one attached hydrogen (secondary N) is 2. The number of hydrogen-bond donors (Lipinski definition) is 2. The maximum absolute atomic E-state index is 4.27. The fourth-order valence-electron chi connectivity index (χ4n) is 2.62. The average molecular weight is 425 g/mol. The summed E-state index contributed by atoms with van der Waals surface area (Å²) < 4.78 is 0. The van der Waals surface area contributed by atoms with Crippen LogP contribution in [0.25, 0.3) is 0 Å². The first-order valence-corrected chi connectivity index (χ1v) is 8.43. The molecule has 1 heterocycles. The number of piperidine rings is 1. The van der Waals surface area contributed by atoms with Gasteiger partial charge >= 0.3 is 0 Å². The van der Waals surface area contributed by atoms with Crippen molar-refractivity contribution in [3.63, 3.8) is 0 Å². The first-order valence-electron chi connectivity index (χ1n) is 8.43. The van der Waals surface area contributed by atoms with E-state index in [1.807, 2.05) is 7.05 Å². The van der Waals surface area contributed by atoms with E-state index in [1.54, 1.807) is 0 Å². The van der Waals surface area contributed by atoms with Crippen LogP contribution in [0.4, 0.5) is 0 Å². The van der Waals surface area contributed by atoms with Gasteiger partial charge in [-0.05, 0) is 71.9 Å². The van der Waals surface area contributed by atoms with Crippen LogP contribution in [0.2, 0.25) is 0 Å². The molecule has 0 radical (unpaired) electrons. The predicted molar refractivity (Wildman–Crippen MR) is 107 cm³/mol. The Hall–Kier alpha value is -0.0800. The summed E-state index contributed by atoms with van der Waals surface area (Å²) in [7, 11) is 6.05. The van der Waals surface area contributed by atoms with Crippen LogP contribution in [0.5, 0.6) is 0 Å². The molecule has 2 N–H and O–H groups in total. The maximum Gasteiger partial charge on any atom is 0.190 e. The van der Waals surface area contributed by atoms with Crippen molar-refractivity contribution in [2.45, 2.75) is 32.6 Å². The highest BCUT2D eigenvalue weighted by molar-refractivity contribution is 14.0. The molecule has 0 unspecified atom stereocenters. The molecule has 1 aliphatic heterocycles. The van der Waals surface area contributed by atoms with Gasteiger partial charge in [-0.3, -0.25) is 4.99 Å². The molecule has 0 aliphatic carbocycles. The molecule has 0 spiro atoms. The van der Waals surface area contributed by atoms with Crippen molar-refractivity contribution < 1.29 is 0 Å². The van der Waals surface area contributed by atoms with E-state index < -0.39 is 0 Å². The largest absolute Gasteiger partial charge is 0.356 e. The molecule has 0 saturated carbocycles. The summed E-state index contributed by atoms with van der Waals surface area (Å²) in [6, 6.07) is 0. The summed E-state index contributed by atoms with van der Waals surface area (Å²) in [4.78, 5) is 9.06. The van der Waals surface area contributed by atoms with Crippen LogP contribution in [-0.2, 0) is 0 Å². The second kappa shape index (κ2) is 13.4. The number of likely N-dealkylation sites (tertiary alicyclic amines) is 1. The van der Waals surface area contributed by atoms with Crippen molar-refractivity contribution in [1.82, 2.24) is 20.4 Å². The Balaban J connectivity index is 0.00000441. The molecule has 0 atom stereocenters. The molecule has 5 nitrogen and oxygen atoms in total. The van der Waals surface area contributed by atoms with Crippen LogP contribution in [0.3, 0.4) is 0 Å². The number of guanidine groups is 1. The van der Waals surface area contributed by atoms with Crippen molar-refractivity contribution in [3.8, 4) is 0 Å². The number of nitrogens with zero attached hydrogens (tertiary/aromatic N) is 3. The van der Waals surface area contributed by atoms with E-state index in [0.717, 1.165) is 37.9 Å². The lowest BCUT2D eigenvalue weighted by molar-refractivity contribution is 0.191. The zero-order chi connectivity index (χ0) is 15.5. The Kier molecular flexibility index (Phi) is 13.3. The van der Waals surface area contributed by atoms with E-state index in [1.165, 1.54) is 38.9 Å². The third-order valence-corrected chi connectivity index (χ3v) is 4.12. The van der Waals surface area contributed by atoms with E-state index in [-0.39, 0.29) is 24.0 Å². The number of halogens is 1. The third-order valence-electron chi connectivity index (χ3n) is 4.12. The van der Waals surface area contributed by atoms with Crippen molar-refractivity contribution in [2.24, 2.45) is 10.9 Å². The third kappa shape index (κ3) is 10.6. The van der Waals surface area contributed by atoms with Crippen molar-refractivity contribution >= 4 is 29.9 Å². The second-order valence-electron chi connectivity index (χ2n) is 6.46. The van der Waals surface area contributed by atoms with Gasteiger partial charge in [-0.25, -0.2) is 0 Å².